The molecule has 3 rings (SSSR count). The van der Waals surface area contributed by atoms with Crippen LogP contribution in [0.4, 0.5) is 11.4 Å². The number of benzene rings is 2. The molecule has 0 unspecified atom stereocenters. The number of nitrogens with one attached hydrogen (secondary N) is 1. The van der Waals surface area contributed by atoms with Crippen molar-refractivity contribution in [2.75, 3.05) is 17.3 Å². The molecule has 22 heavy (non-hydrogen) atoms. The van der Waals surface area contributed by atoms with Gasteiger partial charge in [-0.05, 0) is 48.0 Å². The summed E-state index contributed by atoms with van der Waals surface area (Å²) in [6, 6.07) is 13.9. The van der Waals surface area contributed by atoms with Crippen molar-refractivity contribution in [3.05, 3.63) is 59.2 Å². The number of anilines is 2. The number of rotatable bonds is 2. The lowest BCUT2D eigenvalue weighted by Crippen LogP contribution is -2.20. The predicted octanol–water partition coefficient (Wildman–Crippen LogP) is 2.33. The topological polar surface area (TPSA) is 73.2 Å². The molecule has 1 N–H and O–H groups in total. The molecule has 5 nitrogen and oxygen atoms in total. The summed E-state index contributed by atoms with van der Waals surface area (Å²) in [4.78, 5) is 25.4. The van der Waals surface area contributed by atoms with Crippen molar-refractivity contribution in [2.24, 2.45) is 0 Å². The van der Waals surface area contributed by atoms with E-state index in [4.69, 9.17) is 5.26 Å². The Labute approximate surface area is 127 Å². The fourth-order valence-corrected chi connectivity index (χ4v) is 2.45. The smallest absolute Gasteiger partial charge is 0.255 e. The highest BCUT2D eigenvalue weighted by Gasteiger charge is 2.24. The maximum atomic E-state index is 12.2. The second-order valence-electron chi connectivity index (χ2n) is 5.12. The van der Waals surface area contributed by atoms with Gasteiger partial charge in [-0.15, -0.1) is 0 Å². The summed E-state index contributed by atoms with van der Waals surface area (Å²) < 4.78 is 0. The Bertz CT molecular complexity index is 804. The van der Waals surface area contributed by atoms with Crippen LogP contribution in [0.3, 0.4) is 0 Å². The van der Waals surface area contributed by atoms with Crippen LogP contribution in [-0.2, 0) is 11.2 Å². The highest BCUT2D eigenvalue weighted by atomic mass is 16.2. The second-order valence-corrected chi connectivity index (χ2v) is 5.12. The van der Waals surface area contributed by atoms with E-state index >= 15 is 0 Å². The highest BCUT2D eigenvalue weighted by molar-refractivity contribution is 6.05. The first-order valence-corrected chi connectivity index (χ1v) is 6.79. The van der Waals surface area contributed by atoms with Crippen LogP contribution in [0, 0.1) is 11.3 Å². The van der Waals surface area contributed by atoms with E-state index in [0.717, 1.165) is 11.3 Å². The minimum Gasteiger partial charge on any atom is -0.322 e. The zero-order valence-corrected chi connectivity index (χ0v) is 12.0. The van der Waals surface area contributed by atoms with Crippen LogP contribution < -0.4 is 10.2 Å². The van der Waals surface area contributed by atoms with Gasteiger partial charge in [0, 0.05) is 24.0 Å². The van der Waals surface area contributed by atoms with Gasteiger partial charge in [0.2, 0.25) is 5.91 Å². The zero-order chi connectivity index (χ0) is 15.7. The van der Waals surface area contributed by atoms with Crippen LogP contribution in [0.5, 0.6) is 0 Å². The Morgan fingerprint density at radius 1 is 1.23 bits per heavy atom. The fraction of sp³-hybridized carbons (Fsp3) is 0.118. The quantitative estimate of drug-likeness (QED) is 0.923. The largest absolute Gasteiger partial charge is 0.322 e. The zero-order valence-electron chi connectivity index (χ0n) is 12.0. The Balaban J connectivity index is 1.79. The first kappa shape index (κ1) is 13.8. The van der Waals surface area contributed by atoms with Crippen LogP contribution in [-0.4, -0.2) is 18.9 Å². The molecule has 2 aromatic carbocycles. The normalized spacial score (nSPS) is 12.7. The molecule has 0 fully saturated rings. The van der Waals surface area contributed by atoms with Crippen molar-refractivity contribution in [3.63, 3.8) is 0 Å². The summed E-state index contributed by atoms with van der Waals surface area (Å²) in [5.41, 5.74) is 3.42. The van der Waals surface area contributed by atoms with Crippen molar-refractivity contribution >= 4 is 23.2 Å². The Hall–Kier alpha value is -3.13. The summed E-state index contributed by atoms with van der Waals surface area (Å²) in [6.45, 7) is 0. The molecule has 1 aliphatic rings. The van der Waals surface area contributed by atoms with Crippen LogP contribution in [0.15, 0.2) is 42.5 Å². The number of nitrogens with zero attached hydrogens (tertiary/aromatic N) is 2. The monoisotopic (exact) mass is 291 g/mol. The maximum absolute atomic E-state index is 12.2. The first-order chi connectivity index (χ1) is 10.6. The van der Waals surface area contributed by atoms with E-state index in [-0.39, 0.29) is 11.8 Å². The maximum Gasteiger partial charge on any atom is 0.255 e. The highest BCUT2D eigenvalue weighted by Crippen LogP contribution is 2.30. The summed E-state index contributed by atoms with van der Waals surface area (Å²) in [6.07, 6.45) is 0.354. The van der Waals surface area contributed by atoms with E-state index in [2.05, 4.69) is 5.32 Å². The number of fused-ring (bicyclic) bond motifs is 1. The standard InChI is InChI=1S/C17H13N3O2/c1-20-15-7-6-14(8-13(15)9-16(20)21)19-17(22)12-4-2-11(10-18)3-5-12/h2-8H,9H2,1H3,(H,19,22). The third-order valence-electron chi connectivity index (χ3n) is 3.69. The van der Waals surface area contributed by atoms with E-state index in [1.165, 1.54) is 0 Å². The van der Waals surface area contributed by atoms with Gasteiger partial charge in [-0.1, -0.05) is 0 Å². The van der Waals surface area contributed by atoms with Gasteiger partial charge in [-0.2, -0.15) is 5.26 Å². The Kier molecular flexibility index (Phi) is 3.36. The van der Waals surface area contributed by atoms with Gasteiger partial charge in [-0.25, -0.2) is 0 Å². The minimum atomic E-state index is -0.248. The molecule has 108 valence electrons. The average Bonchev–Trinajstić information content (AvgIpc) is 2.81. The molecule has 0 radical (unpaired) electrons. The summed E-state index contributed by atoms with van der Waals surface area (Å²) in [7, 11) is 1.74. The van der Waals surface area contributed by atoms with Gasteiger partial charge in [0.05, 0.1) is 18.1 Å². The molecule has 0 atom stereocenters. The molecule has 1 heterocycles. The van der Waals surface area contributed by atoms with Gasteiger partial charge < -0.3 is 10.2 Å². The van der Waals surface area contributed by atoms with Gasteiger partial charge in [0.25, 0.3) is 5.91 Å². The van der Waals surface area contributed by atoms with Crippen LogP contribution in [0.1, 0.15) is 21.5 Å². The minimum absolute atomic E-state index is 0.0468. The molecule has 2 aromatic rings. The van der Waals surface area contributed by atoms with Crippen molar-refractivity contribution in [3.8, 4) is 6.07 Å². The molecule has 0 saturated heterocycles. The van der Waals surface area contributed by atoms with Gasteiger partial charge in [0.1, 0.15) is 0 Å². The third-order valence-corrected chi connectivity index (χ3v) is 3.69. The lowest BCUT2D eigenvalue weighted by molar-refractivity contribution is -0.117. The molecular weight excluding hydrogens is 278 g/mol. The molecule has 0 spiro atoms. The van der Waals surface area contributed by atoms with Crippen molar-refractivity contribution in [1.82, 2.24) is 0 Å². The number of carbonyl (C=O) groups is 2. The van der Waals surface area contributed by atoms with E-state index in [0.29, 0.717) is 23.2 Å². The summed E-state index contributed by atoms with van der Waals surface area (Å²) in [5.74, 6) is -0.201. The molecular formula is C17H13N3O2. The van der Waals surface area contributed by atoms with E-state index in [1.807, 2.05) is 18.2 Å². The number of nitriles is 1. The number of amides is 2. The van der Waals surface area contributed by atoms with E-state index in [1.54, 1.807) is 42.3 Å². The second kappa shape index (κ2) is 5.34. The first-order valence-electron chi connectivity index (χ1n) is 6.79. The number of carbonyl (C=O) groups excluding carboxylic acids is 2. The Morgan fingerprint density at radius 2 is 1.95 bits per heavy atom. The lowest BCUT2D eigenvalue weighted by Gasteiger charge is -2.11. The molecule has 5 heteroatoms. The fourth-order valence-electron chi connectivity index (χ4n) is 2.45. The van der Waals surface area contributed by atoms with Crippen molar-refractivity contribution in [2.45, 2.75) is 6.42 Å². The molecule has 1 aliphatic heterocycles. The van der Waals surface area contributed by atoms with Gasteiger partial charge in [0.15, 0.2) is 0 Å². The van der Waals surface area contributed by atoms with Gasteiger partial charge >= 0.3 is 0 Å². The van der Waals surface area contributed by atoms with Gasteiger partial charge in [-0.3, -0.25) is 9.59 Å². The molecule has 0 saturated carbocycles. The number of likely N-dealkylation sites (N-methyl/N-ethyl adjacent to an activating group) is 1. The van der Waals surface area contributed by atoms with E-state index in [9.17, 15) is 9.59 Å². The predicted molar refractivity (Wildman–Crippen MR) is 82.7 cm³/mol. The molecule has 0 aliphatic carbocycles. The van der Waals surface area contributed by atoms with Crippen LogP contribution in [0.25, 0.3) is 0 Å². The SMILES string of the molecule is CN1C(=O)Cc2cc(NC(=O)c3ccc(C#N)cc3)ccc21. The molecule has 0 aromatic heterocycles. The average molecular weight is 291 g/mol. The summed E-state index contributed by atoms with van der Waals surface area (Å²) in [5, 5.41) is 11.6. The van der Waals surface area contributed by atoms with Crippen molar-refractivity contribution in [1.29, 1.82) is 5.26 Å². The third kappa shape index (κ3) is 2.42. The number of hydrogen-bond donors (Lipinski definition) is 1. The van der Waals surface area contributed by atoms with E-state index < -0.39 is 0 Å². The summed E-state index contributed by atoms with van der Waals surface area (Å²) >= 11 is 0. The lowest BCUT2D eigenvalue weighted by atomic mass is 10.1. The number of hydrogen-bond acceptors (Lipinski definition) is 3. The Morgan fingerprint density at radius 3 is 2.64 bits per heavy atom. The molecule has 2 amide bonds. The van der Waals surface area contributed by atoms with Crippen molar-refractivity contribution < 1.29 is 9.59 Å². The van der Waals surface area contributed by atoms with Crippen LogP contribution >= 0.6 is 0 Å². The molecule has 0 bridgehead atoms. The van der Waals surface area contributed by atoms with Crippen LogP contribution in [0.2, 0.25) is 0 Å².